The number of nitrogens with one attached hydrogen (secondary N) is 1. The summed E-state index contributed by atoms with van der Waals surface area (Å²) in [6.45, 7) is 5.64. The van der Waals surface area contributed by atoms with Gasteiger partial charge in [0.25, 0.3) is 0 Å². The van der Waals surface area contributed by atoms with Crippen molar-refractivity contribution in [2.45, 2.75) is 307 Å². The number of hydrogen-bond acceptors (Lipinski definition) is 10. The molecule has 0 radical (unpaired) electrons. The van der Waals surface area contributed by atoms with Crippen LogP contribution in [-0.4, -0.2) is 99.6 Å². The highest BCUT2D eigenvalue weighted by molar-refractivity contribution is 5.80. The molecule has 6 N–H and O–H groups in total. The highest BCUT2D eigenvalue weighted by atomic mass is 16.7. The number of unbranched alkanes of at least 4 members (excludes halogenated alkanes) is 25. The van der Waals surface area contributed by atoms with Crippen LogP contribution in [0.3, 0.4) is 0 Å². The lowest BCUT2D eigenvalue weighted by atomic mass is 9.99. The van der Waals surface area contributed by atoms with E-state index in [-0.39, 0.29) is 19.4 Å². The number of carbonyl (C=O) groups excluding carboxylic acids is 2. The highest BCUT2D eigenvalue weighted by Crippen LogP contribution is 2.26. The van der Waals surface area contributed by atoms with E-state index in [1.54, 1.807) is 6.08 Å². The Bertz CT molecular complexity index is 1650. The zero-order valence-corrected chi connectivity index (χ0v) is 50.2. The molecule has 8 atom stereocenters. The Balaban J connectivity index is 2.68. The lowest BCUT2D eigenvalue weighted by Crippen LogP contribution is -2.61. The van der Waals surface area contributed by atoms with Gasteiger partial charge in [0.1, 0.15) is 24.4 Å². The molecule has 1 heterocycles. The number of esters is 1. The summed E-state index contributed by atoms with van der Waals surface area (Å²) in [5.74, 6) is -1.25. The fourth-order valence-electron chi connectivity index (χ4n) is 9.42. The number of allylic oxidation sites excluding steroid dienone is 15. The molecular formula is C68H117NO10. The fourth-order valence-corrected chi connectivity index (χ4v) is 9.42. The Hall–Kier alpha value is -3.42. The fraction of sp³-hybridized carbons (Fsp3) is 0.735. The minimum absolute atomic E-state index is 0.112. The van der Waals surface area contributed by atoms with Crippen LogP contribution in [0.15, 0.2) is 97.2 Å². The Kier molecular flexibility index (Phi) is 51.4. The molecule has 1 amide bonds. The first-order chi connectivity index (χ1) is 38.7. The summed E-state index contributed by atoms with van der Waals surface area (Å²) < 4.78 is 17.6. The Morgan fingerprint density at radius 2 is 0.911 bits per heavy atom. The van der Waals surface area contributed by atoms with Crippen LogP contribution >= 0.6 is 0 Å². The highest BCUT2D eigenvalue weighted by Gasteiger charge is 2.47. The first kappa shape index (κ1) is 73.6. The van der Waals surface area contributed by atoms with Crippen LogP contribution in [-0.2, 0) is 23.8 Å². The molecule has 0 aromatic carbocycles. The number of ether oxygens (including phenoxy) is 3. The van der Waals surface area contributed by atoms with Crippen molar-refractivity contribution in [1.29, 1.82) is 0 Å². The first-order valence-corrected chi connectivity index (χ1v) is 32.0. The zero-order valence-electron chi connectivity index (χ0n) is 50.2. The van der Waals surface area contributed by atoms with E-state index in [0.29, 0.717) is 19.3 Å². The molecule has 11 nitrogen and oxygen atoms in total. The molecule has 1 saturated heterocycles. The molecule has 11 heteroatoms. The normalized spacial score (nSPS) is 19.5. The minimum atomic E-state index is -1.63. The van der Waals surface area contributed by atoms with Gasteiger partial charge in [-0.25, -0.2) is 0 Å². The summed E-state index contributed by atoms with van der Waals surface area (Å²) in [5, 5.41) is 57.0. The summed E-state index contributed by atoms with van der Waals surface area (Å²) in [4.78, 5) is 26.6. The van der Waals surface area contributed by atoms with Crippen molar-refractivity contribution in [3.63, 3.8) is 0 Å². The molecule has 79 heavy (non-hydrogen) atoms. The van der Waals surface area contributed by atoms with Crippen molar-refractivity contribution < 1.29 is 49.3 Å². The van der Waals surface area contributed by atoms with Gasteiger partial charge in [-0.1, -0.05) is 246 Å². The van der Waals surface area contributed by atoms with Gasteiger partial charge >= 0.3 is 5.97 Å². The van der Waals surface area contributed by atoms with Crippen LogP contribution < -0.4 is 5.32 Å². The Morgan fingerprint density at radius 1 is 0.506 bits per heavy atom. The van der Waals surface area contributed by atoms with Crippen LogP contribution in [0.1, 0.15) is 258 Å². The van der Waals surface area contributed by atoms with E-state index in [4.69, 9.17) is 14.2 Å². The Morgan fingerprint density at radius 3 is 1.38 bits per heavy atom. The van der Waals surface area contributed by atoms with Gasteiger partial charge in [0.15, 0.2) is 12.4 Å². The largest absolute Gasteiger partial charge is 0.454 e. The van der Waals surface area contributed by atoms with Crippen molar-refractivity contribution in [3.05, 3.63) is 97.2 Å². The van der Waals surface area contributed by atoms with Gasteiger partial charge in [0, 0.05) is 6.42 Å². The lowest BCUT2D eigenvalue weighted by Gasteiger charge is -2.41. The lowest BCUT2D eigenvalue weighted by molar-refractivity contribution is -0.305. The van der Waals surface area contributed by atoms with Crippen LogP contribution in [0, 0.1) is 0 Å². The molecule has 0 aliphatic carbocycles. The third-order valence-electron chi connectivity index (χ3n) is 14.5. The van der Waals surface area contributed by atoms with Crippen molar-refractivity contribution in [2.24, 2.45) is 0 Å². The van der Waals surface area contributed by atoms with Crippen LogP contribution in [0.4, 0.5) is 0 Å². The van der Waals surface area contributed by atoms with Crippen LogP contribution in [0.25, 0.3) is 0 Å². The monoisotopic (exact) mass is 1110 g/mol. The predicted octanol–water partition coefficient (Wildman–Crippen LogP) is 15.5. The molecule has 1 fully saturated rings. The zero-order chi connectivity index (χ0) is 57.5. The van der Waals surface area contributed by atoms with Crippen molar-refractivity contribution in [3.8, 4) is 0 Å². The summed E-state index contributed by atoms with van der Waals surface area (Å²) >= 11 is 0. The molecule has 454 valence electrons. The van der Waals surface area contributed by atoms with Gasteiger partial charge in [-0.3, -0.25) is 9.59 Å². The number of aliphatic hydroxyl groups excluding tert-OH is 5. The van der Waals surface area contributed by atoms with E-state index in [1.165, 1.54) is 122 Å². The topological polar surface area (TPSA) is 175 Å². The Labute approximate surface area is 482 Å². The van der Waals surface area contributed by atoms with E-state index >= 15 is 0 Å². The molecular weight excluding hydrogens is 991 g/mol. The summed E-state index contributed by atoms with van der Waals surface area (Å²) in [5.41, 5.74) is 0. The van der Waals surface area contributed by atoms with E-state index in [2.05, 4.69) is 105 Å². The smallest absolute Gasteiger partial charge is 0.306 e. The number of aliphatic hydroxyl groups is 5. The van der Waals surface area contributed by atoms with Crippen molar-refractivity contribution >= 4 is 11.9 Å². The van der Waals surface area contributed by atoms with Gasteiger partial charge < -0.3 is 45.1 Å². The predicted molar refractivity (Wildman–Crippen MR) is 329 cm³/mol. The maximum atomic E-state index is 13.4. The molecule has 1 aliphatic rings. The maximum absolute atomic E-state index is 13.4. The number of amides is 1. The summed E-state index contributed by atoms with van der Waals surface area (Å²) in [7, 11) is 0. The van der Waals surface area contributed by atoms with E-state index in [0.717, 1.165) is 83.5 Å². The molecule has 8 unspecified atom stereocenters. The molecule has 0 aromatic rings. The maximum Gasteiger partial charge on any atom is 0.306 e. The van der Waals surface area contributed by atoms with Crippen LogP contribution in [0.2, 0.25) is 0 Å². The standard InChI is InChI=1S/C68H117NO10/c1-4-7-10-13-16-19-22-24-26-28-30-32-33-35-37-40-43-46-49-52-55-61(72)67(76)69-59(60(71)54-51-48-45-42-39-21-18-15-12-9-6-3)58-77-68-66(65(75)64(74)62(57-70)78-68)79-63(73)56-53-50-47-44-41-38-36-34-31-29-27-25-23-20-17-14-11-8-5-2/h7,10,16,19,24-27,30,32,35,37,43,46,51,54,59-62,64-66,68,70-72,74-75H,4-6,8-9,11-15,17-18,20-23,28-29,31,33-34,36,38-42,44-45,47-50,52-53,55-58H2,1-3H3,(H,69,76)/b10-7-,19-16-,26-24-,27-25+,32-30-,37-35-,46-43-,54-51+. The average Bonchev–Trinajstić information content (AvgIpc) is 3.45. The van der Waals surface area contributed by atoms with Gasteiger partial charge in [-0.2, -0.15) is 0 Å². The molecule has 0 aromatic heterocycles. The van der Waals surface area contributed by atoms with Crippen LogP contribution in [0.5, 0.6) is 0 Å². The van der Waals surface area contributed by atoms with E-state index in [9.17, 15) is 35.1 Å². The third-order valence-corrected chi connectivity index (χ3v) is 14.5. The SMILES string of the molecule is CC/C=C\C/C=C\C/C=C\C/C=C\C/C=C\C/C=C\CCCC(O)C(=O)NC(COC1OC(CO)C(O)C(O)C1OC(=O)CCCCCCCCCCC/C=C/CCCCCCCC)C(O)/C=C/CCCCCCCCCCC. The van der Waals surface area contributed by atoms with E-state index in [1.807, 2.05) is 12.2 Å². The second-order valence-electron chi connectivity index (χ2n) is 21.8. The number of rotatable bonds is 53. The molecule has 0 saturated carbocycles. The molecule has 1 aliphatic heterocycles. The minimum Gasteiger partial charge on any atom is -0.454 e. The number of hydrogen-bond donors (Lipinski definition) is 6. The molecule has 0 spiro atoms. The molecule has 0 bridgehead atoms. The van der Waals surface area contributed by atoms with Gasteiger partial charge in [0.05, 0.1) is 25.4 Å². The summed E-state index contributed by atoms with van der Waals surface area (Å²) in [6.07, 6.45) is 63.1. The quantitative estimate of drug-likeness (QED) is 0.0195. The molecule has 1 rings (SSSR count). The third kappa shape index (κ3) is 43.0. The second-order valence-corrected chi connectivity index (χ2v) is 21.8. The first-order valence-electron chi connectivity index (χ1n) is 32.0. The second kappa shape index (κ2) is 55.1. The van der Waals surface area contributed by atoms with Gasteiger partial charge in [0.2, 0.25) is 5.91 Å². The van der Waals surface area contributed by atoms with Gasteiger partial charge in [-0.15, -0.1) is 0 Å². The van der Waals surface area contributed by atoms with E-state index < -0.39 is 67.4 Å². The number of carbonyl (C=O) groups is 2. The van der Waals surface area contributed by atoms with Crippen molar-refractivity contribution in [1.82, 2.24) is 5.32 Å². The summed E-state index contributed by atoms with van der Waals surface area (Å²) in [6, 6.07) is -1.05. The van der Waals surface area contributed by atoms with Gasteiger partial charge in [-0.05, 0) is 103 Å². The average molecular weight is 1110 g/mol. The van der Waals surface area contributed by atoms with Crippen molar-refractivity contribution in [2.75, 3.05) is 13.2 Å².